The minimum absolute atomic E-state index is 0.0755. The Bertz CT molecular complexity index is 1210. The van der Waals surface area contributed by atoms with Crippen molar-refractivity contribution in [2.45, 2.75) is 24.9 Å². The molecule has 6 heteroatoms. The van der Waals surface area contributed by atoms with E-state index in [2.05, 4.69) is 28.9 Å². The van der Waals surface area contributed by atoms with Crippen LogP contribution in [0.2, 0.25) is 0 Å². The zero-order valence-electron chi connectivity index (χ0n) is 17.4. The Labute approximate surface area is 186 Å². The van der Waals surface area contributed by atoms with Gasteiger partial charge in [-0.2, -0.15) is 0 Å². The molecule has 0 aromatic heterocycles. The molecule has 0 saturated carbocycles. The van der Waals surface area contributed by atoms with Crippen molar-refractivity contribution in [1.29, 1.82) is 0 Å². The lowest BCUT2D eigenvalue weighted by molar-refractivity contribution is -0.384. The van der Waals surface area contributed by atoms with E-state index >= 15 is 0 Å². The molecule has 0 spiro atoms. The number of non-ortho nitro benzene ring substituents is 1. The van der Waals surface area contributed by atoms with Crippen molar-refractivity contribution in [3.05, 3.63) is 117 Å². The summed E-state index contributed by atoms with van der Waals surface area (Å²) in [5.41, 5.74) is 4.47. The zero-order chi connectivity index (χ0) is 22.1. The summed E-state index contributed by atoms with van der Waals surface area (Å²) in [5, 5.41) is 17.9. The molecule has 32 heavy (non-hydrogen) atoms. The van der Waals surface area contributed by atoms with Gasteiger partial charge in [-0.05, 0) is 35.1 Å². The highest BCUT2D eigenvalue weighted by atomic mass is 16.6. The van der Waals surface area contributed by atoms with Gasteiger partial charge < -0.3 is 10.6 Å². The molecule has 1 aliphatic heterocycles. The normalized spacial score (nSPS) is 20.7. The van der Waals surface area contributed by atoms with Crippen LogP contribution in [-0.2, 0) is 6.54 Å². The Kier molecular flexibility index (Phi) is 5.19. The van der Waals surface area contributed by atoms with Gasteiger partial charge in [-0.1, -0.05) is 66.7 Å². The van der Waals surface area contributed by atoms with E-state index in [0.29, 0.717) is 12.1 Å². The van der Waals surface area contributed by atoms with E-state index in [-0.39, 0.29) is 34.4 Å². The van der Waals surface area contributed by atoms with Gasteiger partial charge in [0, 0.05) is 24.6 Å². The van der Waals surface area contributed by atoms with Crippen molar-refractivity contribution in [2.75, 3.05) is 5.32 Å². The van der Waals surface area contributed by atoms with Crippen LogP contribution in [0.5, 0.6) is 0 Å². The lowest BCUT2D eigenvalue weighted by Crippen LogP contribution is -2.32. The molecule has 1 amide bonds. The van der Waals surface area contributed by atoms with Gasteiger partial charge in [0.1, 0.15) is 0 Å². The third-order valence-corrected chi connectivity index (χ3v) is 6.38. The maximum Gasteiger partial charge on any atom is 0.269 e. The summed E-state index contributed by atoms with van der Waals surface area (Å²) < 4.78 is 0. The Morgan fingerprint density at radius 1 is 1.06 bits per heavy atom. The zero-order valence-corrected chi connectivity index (χ0v) is 17.4. The molecule has 1 heterocycles. The fourth-order valence-electron chi connectivity index (χ4n) is 4.85. The quantitative estimate of drug-likeness (QED) is 0.328. The third-order valence-electron chi connectivity index (χ3n) is 6.38. The number of carbonyl (C=O) groups excluding carboxylic acids is 1. The molecule has 6 nitrogen and oxygen atoms in total. The maximum absolute atomic E-state index is 13.1. The lowest BCUT2D eigenvalue weighted by Gasteiger charge is -2.38. The molecule has 1 aliphatic carbocycles. The molecule has 0 saturated heterocycles. The number of nitrogens with zero attached hydrogens (tertiary/aromatic N) is 1. The van der Waals surface area contributed by atoms with Crippen molar-refractivity contribution >= 4 is 17.3 Å². The van der Waals surface area contributed by atoms with E-state index < -0.39 is 0 Å². The summed E-state index contributed by atoms with van der Waals surface area (Å²) in [6.07, 6.45) is 5.24. The van der Waals surface area contributed by atoms with Gasteiger partial charge in [-0.3, -0.25) is 14.9 Å². The van der Waals surface area contributed by atoms with Gasteiger partial charge in [0.2, 0.25) is 0 Å². The first-order chi connectivity index (χ1) is 15.6. The number of carbonyl (C=O) groups is 1. The molecule has 0 radical (unpaired) electrons. The number of fused-ring (bicyclic) bond motifs is 3. The number of nitro groups is 1. The van der Waals surface area contributed by atoms with E-state index in [1.165, 1.54) is 6.07 Å². The van der Waals surface area contributed by atoms with Crippen molar-refractivity contribution in [1.82, 2.24) is 5.32 Å². The Balaban J connectivity index is 1.48. The van der Waals surface area contributed by atoms with Crippen LogP contribution >= 0.6 is 0 Å². The minimum atomic E-state index is -0.368. The molecular formula is C26H23N3O3. The lowest BCUT2D eigenvalue weighted by atomic mass is 9.76. The average molecular weight is 425 g/mol. The van der Waals surface area contributed by atoms with Crippen LogP contribution in [-0.4, -0.2) is 10.8 Å². The number of rotatable bonds is 5. The number of anilines is 1. The standard InChI is InChI=1S/C26H23N3O3/c30-26(27-16-17-7-2-1-3-8-17)23-14-6-13-22-20-11-5-12-21(20)24(28-25(22)23)18-9-4-10-19(15-18)29(31)32/h1-11,13-15,20-21,24,28H,12,16H2,(H,27,30). The second kappa shape index (κ2) is 8.30. The molecule has 0 bridgehead atoms. The highest BCUT2D eigenvalue weighted by molar-refractivity contribution is 6.00. The van der Waals surface area contributed by atoms with Gasteiger partial charge >= 0.3 is 0 Å². The van der Waals surface area contributed by atoms with Gasteiger partial charge in [0.15, 0.2) is 0 Å². The molecular weight excluding hydrogens is 402 g/mol. The number of benzene rings is 3. The van der Waals surface area contributed by atoms with Crippen molar-refractivity contribution in [3.8, 4) is 0 Å². The van der Waals surface area contributed by atoms with Crippen LogP contribution in [0.15, 0.2) is 84.9 Å². The number of nitro benzene ring substituents is 1. The SMILES string of the molecule is O=C(NCc1ccccc1)c1cccc2c1NC(c1cccc([N+](=O)[O-])c1)C1CC=CC21. The fourth-order valence-corrected chi connectivity index (χ4v) is 4.85. The average Bonchev–Trinajstić information content (AvgIpc) is 3.33. The van der Waals surface area contributed by atoms with E-state index in [1.54, 1.807) is 12.1 Å². The third kappa shape index (κ3) is 3.64. The van der Waals surface area contributed by atoms with Gasteiger partial charge in [-0.15, -0.1) is 0 Å². The molecule has 3 aromatic carbocycles. The first-order valence-electron chi connectivity index (χ1n) is 10.7. The Hall–Kier alpha value is -3.93. The highest BCUT2D eigenvalue weighted by Gasteiger charge is 2.39. The molecule has 160 valence electrons. The van der Waals surface area contributed by atoms with Crippen LogP contribution in [0.25, 0.3) is 0 Å². The number of allylic oxidation sites excluding steroid dienone is 2. The van der Waals surface area contributed by atoms with E-state index in [9.17, 15) is 14.9 Å². The topological polar surface area (TPSA) is 84.3 Å². The molecule has 2 aliphatic rings. The fraction of sp³-hybridized carbons (Fsp3) is 0.192. The van der Waals surface area contributed by atoms with Gasteiger partial charge in [-0.25, -0.2) is 0 Å². The van der Waals surface area contributed by atoms with E-state index in [4.69, 9.17) is 0 Å². The van der Waals surface area contributed by atoms with Crippen LogP contribution in [0.3, 0.4) is 0 Å². The van der Waals surface area contributed by atoms with Gasteiger partial charge in [0.05, 0.1) is 22.2 Å². The Morgan fingerprint density at radius 2 is 1.88 bits per heavy atom. The summed E-state index contributed by atoms with van der Waals surface area (Å²) in [4.78, 5) is 24.1. The second-order valence-corrected chi connectivity index (χ2v) is 8.27. The van der Waals surface area contributed by atoms with Gasteiger partial charge in [0.25, 0.3) is 11.6 Å². The summed E-state index contributed by atoms with van der Waals surface area (Å²) in [6.45, 7) is 0.448. The second-order valence-electron chi connectivity index (χ2n) is 8.27. The first kappa shape index (κ1) is 20.0. The van der Waals surface area contributed by atoms with Crippen LogP contribution in [0, 0.1) is 16.0 Å². The molecule has 3 unspecified atom stereocenters. The van der Waals surface area contributed by atoms with Crippen molar-refractivity contribution < 1.29 is 9.72 Å². The molecule has 3 aromatic rings. The summed E-state index contributed by atoms with van der Waals surface area (Å²) in [6, 6.07) is 22.3. The largest absolute Gasteiger partial charge is 0.377 e. The van der Waals surface area contributed by atoms with Crippen LogP contribution in [0.4, 0.5) is 11.4 Å². The predicted molar refractivity (Wildman–Crippen MR) is 124 cm³/mol. The van der Waals surface area contributed by atoms with Crippen molar-refractivity contribution in [3.63, 3.8) is 0 Å². The number of nitrogens with one attached hydrogen (secondary N) is 2. The number of para-hydroxylation sites is 1. The Morgan fingerprint density at radius 3 is 2.69 bits per heavy atom. The number of hydrogen-bond donors (Lipinski definition) is 2. The number of amides is 1. The minimum Gasteiger partial charge on any atom is -0.377 e. The number of hydrogen-bond acceptors (Lipinski definition) is 4. The summed E-state index contributed by atoms with van der Waals surface area (Å²) >= 11 is 0. The summed E-state index contributed by atoms with van der Waals surface area (Å²) in [7, 11) is 0. The monoisotopic (exact) mass is 425 g/mol. The smallest absolute Gasteiger partial charge is 0.269 e. The van der Waals surface area contributed by atoms with Crippen LogP contribution in [0.1, 0.15) is 45.4 Å². The molecule has 5 rings (SSSR count). The predicted octanol–water partition coefficient (Wildman–Crippen LogP) is 5.35. The highest BCUT2D eigenvalue weighted by Crippen LogP contribution is 2.50. The summed E-state index contributed by atoms with van der Waals surface area (Å²) in [5.74, 6) is 0.265. The van der Waals surface area contributed by atoms with E-state index in [0.717, 1.165) is 28.8 Å². The molecule has 0 fully saturated rings. The molecule has 2 N–H and O–H groups in total. The maximum atomic E-state index is 13.1. The molecule has 3 atom stereocenters. The first-order valence-corrected chi connectivity index (χ1v) is 10.7. The van der Waals surface area contributed by atoms with E-state index in [1.807, 2.05) is 48.5 Å². The van der Waals surface area contributed by atoms with Crippen LogP contribution < -0.4 is 10.6 Å². The van der Waals surface area contributed by atoms with Crippen molar-refractivity contribution in [2.24, 2.45) is 5.92 Å².